The van der Waals surface area contributed by atoms with Gasteiger partial charge in [0.05, 0.1) is 0 Å². The molecule has 0 aromatic carbocycles. The van der Waals surface area contributed by atoms with Gasteiger partial charge in [0.15, 0.2) is 0 Å². The van der Waals surface area contributed by atoms with Gasteiger partial charge in [-0.3, -0.25) is 0 Å². The highest BCUT2D eigenvalue weighted by atomic mass is 35.5. The van der Waals surface area contributed by atoms with E-state index in [1.165, 1.54) is 0 Å². The summed E-state index contributed by atoms with van der Waals surface area (Å²) >= 11 is 5.90. The van der Waals surface area contributed by atoms with Gasteiger partial charge in [0.25, 0.3) is 0 Å². The van der Waals surface area contributed by atoms with Crippen LogP contribution in [0, 0.1) is 6.92 Å². The number of nitrogens with zero attached hydrogens (tertiary/aromatic N) is 3. The van der Waals surface area contributed by atoms with E-state index in [1.807, 2.05) is 6.92 Å². The number of anilines is 1. The van der Waals surface area contributed by atoms with Crippen molar-refractivity contribution in [3.8, 4) is 0 Å². The molecule has 2 N–H and O–H groups in total. The van der Waals surface area contributed by atoms with Crippen molar-refractivity contribution in [1.29, 1.82) is 0 Å². The zero-order chi connectivity index (χ0) is 10.8. The van der Waals surface area contributed by atoms with Crippen LogP contribution in [0.3, 0.4) is 0 Å². The van der Waals surface area contributed by atoms with Crippen LogP contribution in [0.2, 0.25) is 5.15 Å². The third-order valence-corrected chi connectivity index (χ3v) is 2.75. The summed E-state index contributed by atoms with van der Waals surface area (Å²) in [5.41, 5.74) is 6.80. The van der Waals surface area contributed by atoms with E-state index < -0.39 is 0 Å². The first-order chi connectivity index (χ1) is 7.15. The molecule has 1 aliphatic heterocycles. The van der Waals surface area contributed by atoms with Gasteiger partial charge in [0.1, 0.15) is 5.15 Å². The standard InChI is InChI=1S/C10H15ClN4/c1-7-5-9(11)14-10(13-7)15-4-2-3-8(12)6-15/h5,8H,2-4,6,12H2,1H3/t8-/m1/s1. The van der Waals surface area contributed by atoms with Crippen LogP contribution < -0.4 is 10.6 Å². The topological polar surface area (TPSA) is 55.0 Å². The van der Waals surface area contributed by atoms with Crippen LogP contribution in [-0.2, 0) is 0 Å². The van der Waals surface area contributed by atoms with Gasteiger partial charge in [-0.05, 0) is 25.8 Å². The van der Waals surface area contributed by atoms with Crippen molar-refractivity contribution in [2.24, 2.45) is 5.73 Å². The number of hydrogen-bond acceptors (Lipinski definition) is 4. The van der Waals surface area contributed by atoms with Crippen LogP contribution in [0.25, 0.3) is 0 Å². The Morgan fingerprint density at radius 2 is 2.33 bits per heavy atom. The summed E-state index contributed by atoms with van der Waals surface area (Å²) in [5, 5.41) is 0.497. The molecule has 1 atom stereocenters. The monoisotopic (exact) mass is 226 g/mol. The molecule has 1 aromatic rings. The van der Waals surface area contributed by atoms with Crippen molar-refractivity contribution in [3.05, 3.63) is 16.9 Å². The molecule has 1 aromatic heterocycles. The van der Waals surface area contributed by atoms with Crippen LogP contribution in [0.15, 0.2) is 6.07 Å². The Balaban J connectivity index is 2.20. The van der Waals surface area contributed by atoms with Gasteiger partial charge in [-0.1, -0.05) is 11.6 Å². The van der Waals surface area contributed by atoms with E-state index in [0.717, 1.165) is 31.6 Å². The Kier molecular flexibility index (Phi) is 3.07. The van der Waals surface area contributed by atoms with Crippen molar-refractivity contribution in [2.75, 3.05) is 18.0 Å². The maximum atomic E-state index is 5.91. The molecule has 1 fully saturated rings. The molecular weight excluding hydrogens is 212 g/mol. The molecule has 4 nitrogen and oxygen atoms in total. The molecule has 82 valence electrons. The lowest BCUT2D eigenvalue weighted by Crippen LogP contribution is -2.43. The highest BCUT2D eigenvalue weighted by Crippen LogP contribution is 2.17. The predicted molar refractivity (Wildman–Crippen MR) is 61.2 cm³/mol. The fourth-order valence-corrected chi connectivity index (χ4v) is 2.08. The van der Waals surface area contributed by atoms with Crippen LogP contribution in [0.5, 0.6) is 0 Å². The molecule has 1 saturated heterocycles. The molecule has 2 rings (SSSR count). The number of halogens is 1. The van der Waals surface area contributed by atoms with Crippen molar-refractivity contribution in [1.82, 2.24) is 9.97 Å². The molecule has 0 saturated carbocycles. The number of hydrogen-bond donors (Lipinski definition) is 1. The van der Waals surface area contributed by atoms with E-state index in [4.69, 9.17) is 17.3 Å². The summed E-state index contributed by atoms with van der Waals surface area (Å²) in [6.45, 7) is 3.70. The van der Waals surface area contributed by atoms with E-state index in [-0.39, 0.29) is 6.04 Å². The Labute approximate surface area is 94.5 Å². The summed E-state index contributed by atoms with van der Waals surface area (Å²) in [4.78, 5) is 10.7. The second-order valence-electron chi connectivity index (χ2n) is 3.98. The lowest BCUT2D eigenvalue weighted by atomic mass is 10.1. The number of nitrogens with two attached hydrogens (primary N) is 1. The molecule has 0 unspecified atom stereocenters. The van der Waals surface area contributed by atoms with Gasteiger partial charge >= 0.3 is 0 Å². The van der Waals surface area contributed by atoms with Gasteiger partial charge in [-0.15, -0.1) is 0 Å². The molecule has 0 amide bonds. The normalized spacial score (nSPS) is 21.8. The second kappa shape index (κ2) is 4.33. The van der Waals surface area contributed by atoms with Gasteiger partial charge in [-0.25, -0.2) is 9.97 Å². The highest BCUT2D eigenvalue weighted by molar-refractivity contribution is 6.29. The quantitative estimate of drug-likeness (QED) is 0.735. The SMILES string of the molecule is Cc1cc(Cl)nc(N2CCC[C@@H](N)C2)n1. The molecule has 2 heterocycles. The minimum Gasteiger partial charge on any atom is -0.339 e. The van der Waals surface area contributed by atoms with E-state index in [0.29, 0.717) is 11.1 Å². The second-order valence-corrected chi connectivity index (χ2v) is 4.37. The van der Waals surface area contributed by atoms with Crippen molar-refractivity contribution in [2.45, 2.75) is 25.8 Å². The Morgan fingerprint density at radius 3 is 3.00 bits per heavy atom. The first-order valence-corrected chi connectivity index (χ1v) is 5.54. The summed E-state index contributed by atoms with van der Waals surface area (Å²) in [6.07, 6.45) is 2.17. The average molecular weight is 227 g/mol. The third-order valence-electron chi connectivity index (χ3n) is 2.55. The zero-order valence-electron chi connectivity index (χ0n) is 8.78. The van der Waals surface area contributed by atoms with Crippen molar-refractivity contribution in [3.63, 3.8) is 0 Å². The molecule has 15 heavy (non-hydrogen) atoms. The van der Waals surface area contributed by atoms with E-state index in [2.05, 4.69) is 14.9 Å². The maximum absolute atomic E-state index is 5.91. The lowest BCUT2D eigenvalue weighted by Gasteiger charge is -2.30. The molecule has 0 spiro atoms. The van der Waals surface area contributed by atoms with Crippen LogP contribution in [0.1, 0.15) is 18.5 Å². The summed E-state index contributed by atoms with van der Waals surface area (Å²) in [7, 11) is 0. The number of aromatic nitrogens is 2. The summed E-state index contributed by atoms with van der Waals surface area (Å²) in [5.74, 6) is 0.704. The van der Waals surface area contributed by atoms with E-state index in [9.17, 15) is 0 Å². The zero-order valence-corrected chi connectivity index (χ0v) is 9.54. The largest absolute Gasteiger partial charge is 0.339 e. The minimum absolute atomic E-state index is 0.224. The number of aryl methyl sites for hydroxylation is 1. The molecule has 5 heteroatoms. The van der Waals surface area contributed by atoms with E-state index >= 15 is 0 Å². The molecule has 0 radical (unpaired) electrons. The van der Waals surface area contributed by atoms with Crippen molar-refractivity contribution >= 4 is 17.5 Å². The maximum Gasteiger partial charge on any atom is 0.227 e. The number of rotatable bonds is 1. The Bertz CT molecular complexity index is 335. The van der Waals surface area contributed by atoms with E-state index in [1.54, 1.807) is 6.07 Å². The summed E-state index contributed by atoms with van der Waals surface area (Å²) in [6, 6.07) is 1.98. The first-order valence-electron chi connectivity index (χ1n) is 5.17. The average Bonchev–Trinajstić information content (AvgIpc) is 2.16. The van der Waals surface area contributed by atoms with Crippen LogP contribution in [-0.4, -0.2) is 29.1 Å². The minimum atomic E-state index is 0.224. The smallest absolute Gasteiger partial charge is 0.227 e. The fraction of sp³-hybridized carbons (Fsp3) is 0.600. The van der Waals surface area contributed by atoms with Gasteiger partial charge in [0, 0.05) is 24.8 Å². The molecule has 1 aliphatic rings. The van der Waals surface area contributed by atoms with Gasteiger partial charge in [0.2, 0.25) is 5.95 Å². The van der Waals surface area contributed by atoms with Crippen molar-refractivity contribution < 1.29 is 0 Å². The summed E-state index contributed by atoms with van der Waals surface area (Å²) < 4.78 is 0. The third kappa shape index (κ3) is 2.58. The van der Waals surface area contributed by atoms with Crippen LogP contribution in [0.4, 0.5) is 5.95 Å². The van der Waals surface area contributed by atoms with Crippen LogP contribution >= 0.6 is 11.6 Å². The Morgan fingerprint density at radius 1 is 1.53 bits per heavy atom. The molecular formula is C10H15ClN4. The Hall–Kier alpha value is -0.870. The molecule has 0 aliphatic carbocycles. The fourth-order valence-electron chi connectivity index (χ4n) is 1.85. The lowest BCUT2D eigenvalue weighted by molar-refractivity contribution is 0.499. The van der Waals surface area contributed by atoms with Gasteiger partial charge < -0.3 is 10.6 Å². The van der Waals surface area contributed by atoms with Gasteiger partial charge in [-0.2, -0.15) is 0 Å². The number of piperidine rings is 1. The first kappa shape index (κ1) is 10.6. The molecule has 0 bridgehead atoms. The highest BCUT2D eigenvalue weighted by Gasteiger charge is 2.19. The predicted octanol–water partition coefficient (Wildman–Crippen LogP) is 1.37.